The van der Waals surface area contributed by atoms with E-state index in [0.717, 1.165) is 69.2 Å². The molecule has 0 unspecified atom stereocenters. The van der Waals surface area contributed by atoms with Crippen LogP contribution in [0.3, 0.4) is 0 Å². The SMILES string of the molecule is O=C(c1cccc(OCCN2CCCCC2)c1)N1CCN(Cc2ccccc2)CCCNc2ccccc2C1. The van der Waals surface area contributed by atoms with E-state index in [1.807, 2.05) is 29.2 Å². The van der Waals surface area contributed by atoms with Crippen LogP contribution in [0, 0.1) is 0 Å². The number of hydrogen-bond donors (Lipinski definition) is 1. The first kappa shape index (κ1) is 27.2. The molecule has 2 aliphatic rings. The van der Waals surface area contributed by atoms with Crippen molar-refractivity contribution in [3.63, 3.8) is 0 Å². The fraction of sp³-hybridized carbons (Fsp3) is 0.424. The number of hydrogen-bond acceptors (Lipinski definition) is 5. The molecule has 206 valence electrons. The van der Waals surface area contributed by atoms with Gasteiger partial charge in [-0.15, -0.1) is 0 Å². The number of likely N-dealkylation sites (tertiary alicyclic amines) is 1. The van der Waals surface area contributed by atoms with Gasteiger partial charge in [-0.05, 0) is 67.7 Å². The Morgan fingerprint density at radius 1 is 0.769 bits per heavy atom. The number of anilines is 1. The summed E-state index contributed by atoms with van der Waals surface area (Å²) in [6, 6.07) is 26.7. The predicted octanol–water partition coefficient (Wildman–Crippen LogP) is 5.51. The number of fused-ring (bicyclic) bond motifs is 1. The van der Waals surface area contributed by atoms with Crippen LogP contribution in [0.1, 0.15) is 47.2 Å². The molecule has 6 nitrogen and oxygen atoms in total. The first-order valence-corrected chi connectivity index (χ1v) is 14.6. The molecular weight excluding hydrogens is 484 g/mol. The lowest BCUT2D eigenvalue weighted by Gasteiger charge is -2.28. The molecule has 2 aliphatic heterocycles. The van der Waals surface area contributed by atoms with E-state index in [2.05, 4.69) is 69.7 Å². The van der Waals surface area contributed by atoms with Crippen molar-refractivity contribution >= 4 is 11.6 Å². The molecule has 0 saturated carbocycles. The summed E-state index contributed by atoms with van der Waals surface area (Å²) in [5.41, 5.74) is 4.24. The third kappa shape index (κ3) is 8.07. The molecule has 5 rings (SSSR count). The first-order chi connectivity index (χ1) is 19.2. The van der Waals surface area contributed by atoms with Gasteiger partial charge in [0.15, 0.2) is 0 Å². The molecule has 6 heteroatoms. The molecule has 0 spiro atoms. The predicted molar refractivity (Wildman–Crippen MR) is 158 cm³/mol. The topological polar surface area (TPSA) is 48.1 Å². The van der Waals surface area contributed by atoms with Crippen LogP contribution >= 0.6 is 0 Å². The number of piperidine rings is 1. The Bertz CT molecular complexity index is 1180. The third-order valence-electron chi connectivity index (χ3n) is 7.77. The Labute approximate surface area is 233 Å². The van der Waals surface area contributed by atoms with E-state index >= 15 is 0 Å². The first-order valence-electron chi connectivity index (χ1n) is 14.6. The largest absolute Gasteiger partial charge is 0.492 e. The zero-order chi connectivity index (χ0) is 26.7. The summed E-state index contributed by atoms with van der Waals surface area (Å²) in [4.78, 5) is 20.9. The van der Waals surface area contributed by atoms with Crippen LogP contribution in [0.25, 0.3) is 0 Å². The Kier molecular flexibility index (Phi) is 9.88. The number of carbonyl (C=O) groups excluding carboxylic acids is 1. The van der Waals surface area contributed by atoms with Crippen molar-refractivity contribution in [2.45, 2.75) is 38.8 Å². The van der Waals surface area contributed by atoms with Gasteiger partial charge in [-0.3, -0.25) is 14.6 Å². The zero-order valence-electron chi connectivity index (χ0n) is 23.1. The van der Waals surface area contributed by atoms with E-state index in [1.165, 1.54) is 24.8 Å². The van der Waals surface area contributed by atoms with Crippen LogP contribution in [0.15, 0.2) is 78.9 Å². The van der Waals surface area contributed by atoms with Gasteiger partial charge in [0.05, 0.1) is 0 Å². The van der Waals surface area contributed by atoms with Crippen molar-refractivity contribution < 1.29 is 9.53 Å². The quantitative estimate of drug-likeness (QED) is 0.440. The molecule has 1 saturated heterocycles. The molecule has 3 aromatic rings. The van der Waals surface area contributed by atoms with Crippen molar-refractivity contribution in [1.82, 2.24) is 14.7 Å². The van der Waals surface area contributed by atoms with Crippen molar-refractivity contribution in [3.05, 3.63) is 95.6 Å². The van der Waals surface area contributed by atoms with E-state index in [4.69, 9.17) is 4.74 Å². The van der Waals surface area contributed by atoms with Gasteiger partial charge in [0.25, 0.3) is 5.91 Å². The fourth-order valence-electron chi connectivity index (χ4n) is 5.57. The highest BCUT2D eigenvalue weighted by Crippen LogP contribution is 2.22. The molecule has 0 atom stereocenters. The molecular formula is C33H42N4O2. The summed E-state index contributed by atoms with van der Waals surface area (Å²) in [5, 5.41) is 3.61. The minimum atomic E-state index is 0.0465. The summed E-state index contributed by atoms with van der Waals surface area (Å²) in [7, 11) is 0. The maximum atomic E-state index is 13.9. The molecule has 0 radical (unpaired) electrons. The summed E-state index contributed by atoms with van der Waals surface area (Å²) in [5.74, 6) is 0.814. The Hall–Kier alpha value is -3.35. The summed E-state index contributed by atoms with van der Waals surface area (Å²) < 4.78 is 6.09. The second-order valence-electron chi connectivity index (χ2n) is 10.7. The van der Waals surface area contributed by atoms with Gasteiger partial charge < -0.3 is 15.0 Å². The minimum Gasteiger partial charge on any atom is -0.492 e. The van der Waals surface area contributed by atoms with Crippen molar-refractivity contribution in [1.29, 1.82) is 0 Å². The van der Waals surface area contributed by atoms with E-state index in [0.29, 0.717) is 25.3 Å². The van der Waals surface area contributed by atoms with Crippen LogP contribution in [-0.4, -0.2) is 73.0 Å². The van der Waals surface area contributed by atoms with Crippen LogP contribution in [0.2, 0.25) is 0 Å². The van der Waals surface area contributed by atoms with Gasteiger partial charge >= 0.3 is 0 Å². The van der Waals surface area contributed by atoms with Crippen LogP contribution in [0.4, 0.5) is 5.69 Å². The van der Waals surface area contributed by atoms with E-state index < -0.39 is 0 Å². The van der Waals surface area contributed by atoms with E-state index in [1.54, 1.807) is 0 Å². The molecule has 1 amide bonds. The van der Waals surface area contributed by atoms with Gasteiger partial charge in [0.1, 0.15) is 12.4 Å². The summed E-state index contributed by atoms with van der Waals surface area (Å²) in [6.07, 6.45) is 4.94. The van der Waals surface area contributed by atoms with Crippen LogP contribution < -0.4 is 10.1 Å². The minimum absolute atomic E-state index is 0.0465. The second kappa shape index (κ2) is 14.2. The summed E-state index contributed by atoms with van der Waals surface area (Å²) >= 11 is 0. The van der Waals surface area contributed by atoms with E-state index in [-0.39, 0.29) is 5.91 Å². The van der Waals surface area contributed by atoms with Gasteiger partial charge in [0.2, 0.25) is 0 Å². The Morgan fingerprint density at radius 3 is 2.44 bits per heavy atom. The van der Waals surface area contributed by atoms with Crippen LogP contribution in [-0.2, 0) is 13.1 Å². The molecule has 2 heterocycles. The van der Waals surface area contributed by atoms with Gasteiger partial charge in [-0.25, -0.2) is 0 Å². The highest BCUT2D eigenvalue weighted by atomic mass is 16.5. The number of benzene rings is 3. The third-order valence-corrected chi connectivity index (χ3v) is 7.77. The Morgan fingerprint density at radius 2 is 1.56 bits per heavy atom. The zero-order valence-corrected chi connectivity index (χ0v) is 23.1. The molecule has 0 aliphatic carbocycles. The number of para-hydroxylation sites is 1. The lowest BCUT2D eigenvalue weighted by atomic mass is 10.1. The Balaban J connectivity index is 1.29. The van der Waals surface area contributed by atoms with Crippen LogP contribution in [0.5, 0.6) is 5.75 Å². The number of nitrogens with zero attached hydrogens (tertiary/aromatic N) is 3. The van der Waals surface area contributed by atoms with Gasteiger partial charge in [0, 0.05) is 57.1 Å². The maximum Gasteiger partial charge on any atom is 0.254 e. The molecule has 0 aromatic heterocycles. The van der Waals surface area contributed by atoms with Crippen molar-refractivity contribution in [3.8, 4) is 5.75 Å². The highest BCUT2D eigenvalue weighted by molar-refractivity contribution is 5.94. The number of rotatable bonds is 7. The standard InChI is InChI=1S/C33H42N4O2/c38-33(29-14-9-15-31(25-29)39-24-23-35-18-7-2-8-19-35)37-22-21-36(26-28-11-3-1-4-12-28)20-10-17-34-32-16-6-5-13-30(32)27-37/h1,3-6,9,11-16,25,34H,2,7-8,10,17-24,26-27H2. The molecule has 1 fully saturated rings. The molecule has 3 aromatic carbocycles. The maximum absolute atomic E-state index is 13.9. The number of carbonyl (C=O) groups is 1. The molecule has 0 bridgehead atoms. The number of nitrogens with one attached hydrogen (secondary N) is 1. The molecule has 1 N–H and O–H groups in total. The number of ether oxygens (including phenoxy) is 1. The van der Waals surface area contributed by atoms with Crippen molar-refractivity contribution in [2.24, 2.45) is 0 Å². The monoisotopic (exact) mass is 526 g/mol. The second-order valence-corrected chi connectivity index (χ2v) is 10.7. The van der Waals surface area contributed by atoms with Gasteiger partial charge in [-0.2, -0.15) is 0 Å². The average molecular weight is 527 g/mol. The lowest BCUT2D eigenvalue weighted by molar-refractivity contribution is 0.0719. The van der Waals surface area contributed by atoms with E-state index in [9.17, 15) is 4.79 Å². The smallest absolute Gasteiger partial charge is 0.254 e. The van der Waals surface area contributed by atoms with Crippen molar-refractivity contribution in [2.75, 3.05) is 57.7 Å². The number of amides is 1. The molecule has 39 heavy (non-hydrogen) atoms. The normalized spacial score (nSPS) is 17.5. The average Bonchev–Trinajstić information content (AvgIpc) is 3.02. The lowest BCUT2D eigenvalue weighted by Crippen LogP contribution is -2.38. The highest BCUT2D eigenvalue weighted by Gasteiger charge is 2.20. The fourth-order valence-corrected chi connectivity index (χ4v) is 5.57. The van der Waals surface area contributed by atoms with Gasteiger partial charge in [-0.1, -0.05) is 61.0 Å². The summed E-state index contributed by atoms with van der Waals surface area (Å²) in [6.45, 7) is 8.74.